The highest BCUT2D eigenvalue weighted by Crippen LogP contribution is 2.45. The number of pyridine rings is 1. The van der Waals surface area contributed by atoms with Crippen LogP contribution in [0.15, 0.2) is 163 Å². The predicted octanol–water partition coefficient (Wildman–Crippen LogP) is 11.3. The topological polar surface area (TPSA) is 34.4 Å². The molecule has 0 aliphatic heterocycles. The third-order valence-electron chi connectivity index (χ3n) is 8.96. The lowest BCUT2D eigenvalue weighted by Crippen LogP contribution is -2.13. The summed E-state index contributed by atoms with van der Waals surface area (Å²) in [5, 5.41) is 3.68. The Bertz CT molecular complexity index is 2570. The summed E-state index contributed by atoms with van der Waals surface area (Å²) in [6.45, 7) is 4.00. The molecule has 9 aromatic rings. The van der Waals surface area contributed by atoms with Gasteiger partial charge in [0.1, 0.15) is 5.65 Å². The highest BCUT2D eigenvalue weighted by atomic mass is 16.1. The molecule has 9 rings (SSSR count). The molecule has 0 atom stereocenters. The number of fused-ring (bicyclic) bond motifs is 4. The minimum Gasteiger partial charge on any atom is -0.268 e. The Hall–Kier alpha value is -6.06. The van der Waals surface area contributed by atoms with Gasteiger partial charge in [-0.3, -0.25) is 9.20 Å². The normalized spacial score (nSPS) is 11.3. The van der Waals surface area contributed by atoms with E-state index in [1.54, 1.807) is 0 Å². The fourth-order valence-corrected chi connectivity index (χ4v) is 7.00. The van der Waals surface area contributed by atoms with E-state index in [9.17, 15) is 4.79 Å². The van der Waals surface area contributed by atoms with Crippen LogP contribution in [0.2, 0.25) is 0 Å². The molecule has 0 bridgehead atoms. The van der Waals surface area contributed by atoms with E-state index in [1.165, 1.54) is 0 Å². The molecule has 0 unspecified atom stereocenters. The molecule has 2 aromatic heterocycles. The molecule has 0 amide bonds. The van der Waals surface area contributed by atoms with Gasteiger partial charge in [0.25, 0.3) is 5.56 Å². The third kappa shape index (κ3) is 4.51. The van der Waals surface area contributed by atoms with E-state index in [0.717, 1.165) is 71.7 Å². The van der Waals surface area contributed by atoms with Crippen LogP contribution in [-0.2, 0) is 0 Å². The molecule has 224 valence electrons. The zero-order valence-corrected chi connectivity index (χ0v) is 26.3. The molecular formula is C44H32N2O. The first kappa shape index (κ1) is 28.4. The van der Waals surface area contributed by atoms with Gasteiger partial charge >= 0.3 is 0 Å². The van der Waals surface area contributed by atoms with Crippen molar-refractivity contribution in [3.8, 4) is 44.5 Å². The molecule has 7 aromatic carbocycles. The van der Waals surface area contributed by atoms with Crippen molar-refractivity contribution >= 4 is 38.2 Å². The molecule has 0 N–H and O–H groups in total. The fraction of sp³-hybridized carbons (Fsp3) is 0.0455. The van der Waals surface area contributed by atoms with Gasteiger partial charge in [0.15, 0.2) is 0 Å². The molecule has 0 fully saturated rings. The maximum absolute atomic E-state index is 14.6. The van der Waals surface area contributed by atoms with Crippen molar-refractivity contribution in [3.63, 3.8) is 0 Å². The number of hydrogen-bond acceptors (Lipinski definition) is 2. The summed E-state index contributed by atoms with van der Waals surface area (Å²) < 4.78 is 1.84. The quantitative estimate of drug-likeness (QED) is 0.200. The van der Waals surface area contributed by atoms with Gasteiger partial charge in [-0.25, -0.2) is 4.98 Å². The van der Waals surface area contributed by atoms with Crippen LogP contribution in [-0.4, -0.2) is 9.38 Å². The molecule has 0 saturated carbocycles. The van der Waals surface area contributed by atoms with Crippen molar-refractivity contribution in [3.05, 3.63) is 168 Å². The van der Waals surface area contributed by atoms with E-state index in [0.29, 0.717) is 11.0 Å². The molecule has 0 saturated heterocycles. The van der Waals surface area contributed by atoms with Crippen molar-refractivity contribution < 1.29 is 0 Å². The summed E-state index contributed by atoms with van der Waals surface area (Å²) in [6.07, 6.45) is 0. The van der Waals surface area contributed by atoms with E-state index >= 15 is 0 Å². The first-order valence-corrected chi connectivity index (χ1v) is 16.2. The van der Waals surface area contributed by atoms with Gasteiger partial charge < -0.3 is 0 Å². The summed E-state index contributed by atoms with van der Waals surface area (Å²) in [4.78, 5) is 20.0. The van der Waals surface area contributed by atoms with E-state index in [4.69, 9.17) is 4.98 Å². The van der Waals surface area contributed by atoms with E-state index < -0.39 is 0 Å². The van der Waals surface area contributed by atoms with E-state index in [2.05, 4.69) is 127 Å². The second kappa shape index (κ2) is 11.7. The largest absolute Gasteiger partial charge is 0.268 e. The van der Waals surface area contributed by atoms with Crippen LogP contribution < -0.4 is 5.56 Å². The van der Waals surface area contributed by atoms with Crippen molar-refractivity contribution in [2.24, 2.45) is 0 Å². The van der Waals surface area contributed by atoms with Gasteiger partial charge in [-0.1, -0.05) is 159 Å². The molecule has 2 heterocycles. The van der Waals surface area contributed by atoms with E-state index in [-0.39, 0.29) is 5.56 Å². The van der Waals surface area contributed by atoms with Gasteiger partial charge in [0, 0.05) is 21.7 Å². The Kier molecular flexibility index (Phi) is 7.08. The molecule has 3 nitrogen and oxygen atoms in total. The van der Waals surface area contributed by atoms with Crippen molar-refractivity contribution in [1.82, 2.24) is 9.38 Å². The van der Waals surface area contributed by atoms with Gasteiger partial charge in [0.2, 0.25) is 0 Å². The smallest absolute Gasteiger partial charge is 0.264 e. The van der Waals surface area contributed by atoms with Crippen LogP contribution in [0.4, 0.5) is 0 Å². The summed E-state index contributed by atoms with van der Waals surface area (Å²) in [7, 11) is 0. The number of rotatable bonds is 4. The average Bonchev–Trinajstić information content (AvgIpc) is 3.55. The first-order chi connectivity index (χ1) is 23.3. The van der Waals surface area contributed by atoms with Crippen molar-refractivity contribution in [1.29, 1.82) is 0 Å². The van der Waals surface area contributed by atoms with Crippen LogP contribution >= 0.6 is 0 Å². The second-order valence-electron chi connectivity index (χ2n) is 11.5. The summed E-state index contributed by atoms with van der Waals surface area (Å²) >= 11 is 0. The van der Waals surface area contributed by atoms with Crippen LogP contribution in [0.25, 0.3) is 82.7 Å². The lowest BCUT2D eigenvalue weighted by atomic mass is 9.86. The minimum absolute atomic E-state index is 0.0544. The Morgan fingerprint density at radius 1 is 0.468 bits per heavy atom. The summed E-state index contributed by atoms with van der Waals surface area (Å²) in [6, 6.07) is 54.3. The number of aromatic nitrogens is 2. The summed E-state index contributed by atoms with van der Waals surface area (Å²) in [5.74, 6) is 0. The first-order valence-electron chi connectivity index (χ1n) is 16.2. The van der Waals surface area contributed by atoms with Crippen LogP contribution in [0, 0.1) is 0 Å². The monoisotopic (exact) mass is 604 g/mol. The van der Waals surface area contributed by atoms with Crippen LogP contribution in [0.5, 0.6) is 0 Å². The maximum atomic E-state index is 14.6. The standard InChI is InChI=1S/C42H26N2O.C2H6/c45-42-34-25-24-31(27-14-5-1-6-15-27)32-22-13-23-33(39(32)34)41-43-40-36(44(41)42)26-35(28-16-7-2-8-17-28)37(29-18-9-3-10-19-29)38(40)30-20-11-4-12-21-30;1-2/h1-26H;1-2H3. The predicted molar refractivity (Wildman–Crippen MR) is 198 cm³/mol. The minimum atomic E-state index is -0.0544. The molecule has 3 heteroatoms. The van der Waals surface area contributed by atoms with Gasteiger partial charge in [-0.2, -0.15) is 0 Å². The zero-order valence-electron chi connectivity index (χ0n) is 26.3. The lowest BCUT2D eigenvalue weighted by molar-refractivity contribution is 1.19. The Balaban J connectivity index is 0.00000159. The van der Waals surface area contributed by atoms with Crippen molar-refractivity contribution in [2.75, 3.05) is 0 Å². The summed E-state index contributed by atoms with van der Waals surface area (Å²) in [5.41, 5.74) is 10.9. The number of nitrogens with zero attached hydrogens (tertiary/aromatic N) is 2. The van der Waals surface area contributed by atoms with E-state index in [1.807, 2.05) is 48.6 Å². The third-order valence-corrected chi connectivity index (χ3v) is 8.96. The average molecular weight is 605 g/mol. The molecule has 0 spiro atoms. The zero-order chi connectivity index (χ0) is 31.9. The number of imidazole rings is 1. The molecule has 47 heavy (non-hydrogen) atoms. The number of hydrogen-bond donors (Lipinski definition) is 0. The maximum Gasteiger partial charge on any atom is 0.264 e. The van der Waals surface area contributed by atoms with Crippen LogP contribution in [0.1, 0.15) is 13.8 Å². The fourth-order valence-electron chi connectivity index (χ4n) is 7.00. The molecule has 0 radical (unpaired) electrons. The Morgan fingerprint density at radius 3 is 1.57 bits per heavy atom. The Labute approximate surface area is 273 Å². The van der Waals surface area contributed by atoms with Crippen LogP contribution in [0.3, 0.4) is 0 Å². The van der Waals surface area contributed by atoms with Crippen molar-refractivity contribution in [2.45, 2.75) is 13.8 Å². The SMILES string of the molecule is CC.O=c1c2ccc(-c3ccccc3)c3cccc(c32)c2nc3c(-c4ccccc4)c(-c4ccccc4)c(-c4ccccc4)cc3n12. The molecule has 0 aliphatic rings. The van der Waals surface area contributed by atoms with Gasteiger partial charge in [-0.15, -0.1) is 0 Å². The highest BCUT2D eigenvalue weighted by molar-refractivity contribution is 6.20. The Morgan fingerprint density at radius 2 is 0.979 bits per heavy atom. The second-order valence-corrected chi connectivity index (χ2v) is 11.5. The number of benzene rings is 7. The molecule has 0 aliphatic carbocycles. The highest BCUT2D eigenvalue weighted by Gasteiger charge is 2.24. The molecular weight excluding hydrogens is 572 g/mol. The lowest BCUT2D eigenvalue weighted by Gasteiger charge is -2.17. The van der Waals surface area contributed by atoms with Gasteiger partial charge in [0.05, 0.1) is 11.0 Å². The van der Waals surface area contributed by atoms with Gasteiger partial charge in [-0.05, 0) is 56.5 Å².